The van der Waals surface area contributed by atoms with Gasteiger partial charge in [-0.25, -0.2) is 0 Å². The Morgan fingerprint density at radius 3 is 1.67 bits per heavy atom. The number of aliphatic hydroxyl groups excluding tert-OH is 1. The molecule has 1 N–H and O–H groups in total. The molecule has 3 aromatic rings. The van der Waals surface area contributed by atoms with E-state index in [2.05, 4.69) is 28.1 Å². The maximum Gasteiger partial charge on any atom is 0.104 e. The second-order valence-corrected chi connectivity index (χ2v) is 5.86. The molecule has 0 unspecified atom stereocenters. The van der Waals surface area contributed by atoms with E-state index < -0.39 is 6.10 Å². The molecule has 0 saturated carbocycles. The van der Waals surface area contributed by atoms with Gasteiger partial charge < -0.3 is 5.11 Å². The zero-order valence-electron chi connectivity index (χ0n) is 11.4. The van der Waals surface area contributed by atoms with E-state index in [1.807, 2.05) is 66.7 Å². The van der Waals surface area contributed by atoms with Gasteiger partial charge >= 0.3 is 0 Å². The van der Waals surface area contributed by atoms with Gasteiger partial charge in [-0.3, -0.25) is 0 Å². The highest BCUT2D eigenvalue weighted by atomic mass is 79.9. The summed E-state index contributed by atoms with van der Waals surface area (Å²) in [4.78, 5) is 0. The minimum Gasteiger partial charge on any atom is -0.384 e. The number of benzene rings is 3. The average Bonchev–Trinajstić information content (AvgIpc) is 2.56. The molecule has 0 aliphatic rings. The summed E-state index contributed by atoms with van der Waals surface area (Å²) in [5.41, 5.74) is 4.13. The SMILES string of the molecule is O[C@@H](c1ccc(Br)cc1)c1ccc(-c2ccccc2)cc1. The summed E-state index contributed by atoms with van der Waals surface area (Å²) in [5, 5.41) is 10.4. The monoisotopic (exact) mass is 338 g/mol. The van der Waals surface area contributed by atoms with E-state index in [4.69, 9.17) is 0 Å². The topological polar surface area (TPSA) is 20.2 Å². The maximum absolute atomic E-state index is 10.4. The highest BCUT2D eigenvalue weighted by Gasteiger charge is 2.10. The van der Waals surface area contributed by atoms with Gasteiger partial charge in [0.25, 0.3) is 0 Å². The smallest absolute Gasteiger partial charge is 0.104 e. The van der Waals surface area contributed by atoms with Crippen LogP contribution in [0.2, 0.25) is 0 Å². The molecule has 21 heavy (non-hydrogen) atoms. The molecule has 2 heteroatoms. The maximum atomic E-state index is 10.4. The summed E-state index contributed by atoms with van der Waals surface area (Å²) in [5.74, 6) is 0. The lowest BCUT2D eigenvalue weighted by Gasteiger charge is -2.12. The van der Waals surface area contributed by atoms with Crippen molar-refractivity contribution in [2.45, 2.75) is 6.10 Å². The summed E-state index contributed by atoms with van der Waals surface area (Å²) in [6.45, 7) is 0. The highest BCUT2D eigenvalue weighted by Crippen LogP contribution is 2.26. The van der Waals surface area contributed by atoms with Gasteiger partial charge in [-0.1, -0.05) is 82.7 Å². The fourth-order valence-corrected chi connectivity index (χ4v) is 2.59. The Kier molecular flexibility index (Phi) is 4.18. The molecule has 0 amide bonds. The number of halogens is 1. The van der Waals surface area contributed by atoms with E-state index in [9.17, 15) is 5.11 Å². The van der Waals surface area contributed by atoms with Gasteiger partial charge in [-0.2, -0.15) is 0 Å². The van der Waals surface area contributed by atoms with Crippen molar-refractivity contribution in [2.75, 3.05) is 0 Å². The van der Waals surface area contributed by atoms with Crippen LogP contribution in [0, 0.1) is 0 Å². The molecule has 0 bridgehead atoms. The second-order valence-electron chi connectivity index (χ2n) is 4.94. The molecule has 0 aliphatic heterocycles. The average molecular weight is 339 g/mol. The number of rotatable bonds is 3. The Balaban J connectivity index is 1.85. The third-order valence-electron chi connectivity index (χ3n) is 3.52. The first-order valence-electron chi connectivity index (χ1n) is 6.83. The van der Waals surface area contributed by atoms with E-state index in [0.717, 1.165) is 21.2 Å². The van der Waals surface area contributed by atoms with Crippen molar-refractivity contribution in [3.05, 3.63) is 94.5 Å². The van der Waals surface area contributed by atoms with Crippen molar-refractivity contribution in [1.82, 2.24) is 0 Å². The third-order valence-corrected chi connectivity index (χ3v) is 4.05. The van der Waals surface area contributed by atoms with Crippen LogP contribution in [-0.2, 0) is 0 Å². The zero-order chi connectivity index (χ0) is 14.7. The van der Waals surface area contributed by atoms with Crippen molar-refractivity contribution >= 4 is 15.9 Å². The van der Waals surface area contributed by atoms with Crippen molar-refractivity contribution in [3.63, 3.8) is 0 Å². The lowest BCUT2D eigenvalue weighted by molar-refractivity contribution is 0.220. The predicted molar refractivity (Wildman–Crippen MR) is 90.1 cm³/mol. The molecular weight excluding hydrogens is 324 g/mol. The Bertz CT molecular complexity index is 703. The molecule has 0 aliphatic carbocycles. The molecule has 0 saturated heterocycles. The van der Waals surface area contributed by atoms with Gasteiger partial charge in [-0.05, 0) is 34.4 Å². The standard InChI is InChI=1S/C19H15BrO/c20-18-12-10-17(11-13-18)19(21)16-8-6-15(7-9-16)14-4-2-1-3-5-14/h1-13,19,21H/t19-/m1/s1. The minimum absolute atomic E-state index is 0.595. The summed E-state index contributed by atoms with van der Waals surface area (Å²) in [7, 11) is 0. The minimum atomic E-state index is -0.595. The van der Waals surface area contributed by atoms with Crippen LogP contribution in [0.25, 0.3) is 11.1 Å². The van der Waals surface area contributed by atoms with E-state index in [-0.39, 0.29) is 0 Å². The van der Waals surface area contributed by atoms with Crippen LogP contribution in [0.5, 0.6) is 0 Å². The van der Waals surface area contributed by atoms with E-state index in [1.54, 1.807) is 0 Å². The molecule has 104 valence electrons. The number of hydrogen-bond acceptors (Lipinski definition) is 1. The Morgan fingerprint density at radius 1 is 0.619 bits per heavy atom. The predicted octanol–water partition coefficient (Wildman–Crippen LogP) is 5.20. The summed E-state index contributed by atoms with van der Waals surface area (Å²) in [6, 6.07) is 26.0. The van der Waals surface area contributed by atoms with Crippen LogP contribution in [0.1, 0.15) is 17.2 Å². The van der Waals surface area contributed by atoms with E-state index >= 15 is 0 Å². The Labute approximate surface area is 133 Å². The first kappa shape index (κ1) is 14.1. The van der Waals surface area contributed by atoms with Crippen LogP contribution < -0.4 is 0 Å². The largest absolute Gasteiger partial charge is 0.384 e. The van der Waals surface area contributed by atoms with E-state index in [0.29, 0.717) is 0 Å². The van der Waals surface area contributed by atoms with Gasteiger partial charge in [0.1, 0.15) is 6.10 Å². The van der Waals surface area contributed by atoms with Crippen LogP contribution in [0.4, 0.5) is 0 Å². The normalized spacial score (nSPS) is 12.1. The first-order valence-corrected chi connectivity index (χ1v) is 7.62. The van der Waals surface area contributed by atoms with Gasteiger partial charge in [0, 0.05) is 4.47 Å². The molecule has 0 fully saturated rings. The fourth-order valence-electron chi connectivity index (χ4n) is 2.33. The fraction of sp³-hybridized carbons (Fsp3) is 0.0526. The molecule has 3 rings (SSSR count). The second kappa shape index (κ2) is 6.25. The summed E-state index contributed by atoms with van der Waals surface area (Å²) >= 11 is 3.40. The van der Waals surface area contributed by atoms with Crippen molar-refractivity contribution in [1.29, 1.82) is 0 Å². The molecule has 1 atom stereocenters. The first-order chi connectivity index (χ1) is 10.2. The zero-order valence-corrected chi connectivity index (χ0v) is 13.0. The van der Waals surface area contributed by atoms with Crippen LogP contribution >= 0.6 is 15.9 Å². The molecule has 0 heterocycles. The third kappa shape index (κ3) is 3.23. The van der Waals surface area contributed by atoms with Crippen molar-refractivity contribution in [2.24, 2.45) is 0 Å². The van der Waals surface area contributed by atoms with Gasteiger partial charge in [0.05, 0.1) is 0 Å². The quantitative estimate of drug-likeness (QED) is 0.696. The molecule has 0 spiro atoms. The molecule has 0 radical (unpaired) electrons. The summed E-state index contributed by atoms with van der Waals surface area (Å²) < 4.78 is 1.01. The van der Waals surface area contributed by atoms with Crippen molar-refractivity contribution in [3.8, 4) is 11.1 Å². The van der Waals surface area contributed by atoms with Crippen molar-refractivity contribution < 1.29 is 5.11 Å². The van der Waals surface area contributed by atoms with Gasteiger partial charge in [0.15, 0.2) is 0 Å². The van der Waals surface area contributed by atoms with Crippen LogP contribution in [0.3, 0.4) is 0 Å². The molecular formula is C19H15BrO. The van der Waals surface area contributed by atoms with E-state index in [1.165, 1.54) is 5.56 Å². The Morgan fingerprint density at radius 2 is 1.10 bits per heavy atom. The lowest BCUT2D eigenvalue weighted by atomic mass is 9.98. The van der Waals surface area contributed by atoms with Gasteiger partial charge in [0.2, 0.25) is 0 Å². The number of hydrogen-bond donors (Lipinski definition) is 1. The molecule has 1 nitrogen and oxygen atoms in total. The number of aliphatic hydroxyl groups is 1. The van der Waals surface area contributed by atoms with Crippen LogP contribution in [0.15, 0.2) is 83.3 Å². The molecule has 3 aromatic carbocycles. The Hall–Kier alpha value is -1.90. The molecule has 0 aromatic heterocycles. The summed E-state index contributed by atoms with van der Waals surface area (Å²) in [6.07, 6.45) is -0.595. The highest BCUT2D eigenvalue weighted by molar-refractivity contribution is 9.10. The lowest BCUT2D eigenvalue weighted by Crippen LogP contribution is -1.99. The van der Waals surface area contributed by atoms with Gasteiger partial charge in [-0.15, -0.1) is 0 Å². The van der Waals surface area contributed by atoms with Crippen LogP contribution in [-0.4, -0.2) is 5.11 Å².